The normalized spacial score (nSPS) is 16.1. The summed E-state index contributed by atoms with van der Waals surface area (Å²) >= 11 is 0. The van der Waals surface area contributed by atoms with E-state index in [0.29, 0.717) is 38.4 Å². The fraction of sp³-hybridized carbons (Fsp3) is 0.500. The van der Waals surface area contributed by atoms with Crippen molar-refractivity contribution in [3.8, 4) is 0 Å². The number of guanidine groups is 1. The van der Waals surface area contributed by atoms with Gasteiger partial charge in [0.25, 0.3) is 0 Å². The Balaban J connectivity index is 0.00000341. The van der Waals surface area contributed by atoms with Crippen molar-refractivity contribution >= 4 is 40.0 Å². The third-order valence-electron chi connectivity index (χ3n) is 5.28. The summed E-state index contributed by atoms with van der Waals surface area (Å²) in [6.07, 6.45) is 1.37. The Morgan fingerprint density at radius 3 is 2.39 bits per heavy atom. The van der Waals surface area contributed by atoms with Crippen LogP contribution in [0.5, 0.6) is 0 Å². The quantitative estimate of drug-likeness (QED) is 0.329. The van der Waals surface area contributed by atoms with Crippen LogP contribution in [0.25, 0.3) is 0 Å². The summed E-state index contributed by atoms with van der Waals surface area (Å²) in [7, 11) is -1.73. The number of hydrogen-bond donors (Lipinski definition) is 1. The van der Waals surface area contributed by atoms with Crippen molar-refractivity contribution in [2.75, 3.05) is 39.8 Å². The van der Waals surface area contributed by atoms with E-state index in [1.807, 2.05) is 4.90 Å². The van der Waals surface area contributed by atoms with Gasteiger partial charge < -0.3 is 14.7 Å². The molecule has 31 heavy (non-hydrogen) atoms. The lowest BCUT2D eigenvalue weighted by Crippen LogP contribution is -2.55. The molecule has 1 fully saturated rings. The van der Waals surface area contributed by atoms with Gasteiger partial charge in [0.15, 0.2) is 5.96 Å². The molecule has 0 spiro atoms. The molecule has 172 valence electrons. The van der Waals surface area contributed by atoms with Gasteiger partial charge >= 0.3 is 0 Å². The lowest BCUT2D eigenvalue weighted by atomic mass is 9.84. The highest BCUT2D eigenvalue weighted by atomic mass is 127. The smallest absolute Gasteiger partial charge is 0.220 e. The molecule has 0 atom stereocenters. The zero-order valence-corrected chi connectivity index (χ0v) is 21.1. The van der Waals surface area contributed by atoms with Gasteiger partial charge in [0.2, 0.25) is 10.0 Å². The van der Waals surface area contributed by atoms with Gasteiger partial charge in [-0.15, -0.1) is 24.0 Å². The predicted octanol–water partition coefficient (Wildman–Crippen LogP) is 2.43. The SMILES string of the molecule is CN=C(NCC(C)(C)c1ccc(F)cc1)N1CCN(S(=O)(=O)Cc2ccon2)CC1.I. The van der Waals surface area contributed by atoms with E-state index in [4.69, 9.17) is 4.52 Å². The summed E-state index contributed by atoms with van der Waals surface area (Å²) in [5, 5.41) is 7.06. The molecule has 11 heteroatoms. The van der Waals surface area contributed by atoms with E-state index in [1.54, 1.807) is 25.2 Å². The first-order chi connectivity index (χ1) is 14.2. The van der Waals surface area contributed by atoms with Crippen LogP contribution in [-0.2, 0) is 21.2 Å². The van der Waals surface area contributed by atoms with Crippen molar-refractivity contribution in [1.82, 2.24) is 19.7 Å². The van der Waals surface area contributed by atoms with Crippen LogP contribution >= 0.6 is 24.0 Å². The highest BCUT2D eigenvalue weighted by molar-refractivity contribution is 14.0. The number of hydrogen-bond acceptors (Lipinski definition) is 5. The molecule has 2 heterocycles. The van der Waals surface area contributed by atoms with Crippen molar-refractivity contribution in [1.29, 1.82) is 0 Å². The van der Waals surface area contributed by atoms with Gasteiger partial charge in [-0.2, -0.15) is 4.31 Å². The van der Waals surface area contributed by atoms with Crippen LogP contribution in [0.4, 0.5) is 4.39 Å². The Hall–Kier alpha value is -1.73. The average Bonchev–Trinajstić information content (AvgIpc) is 3.21. The summed E-state index contributed by atoms with van der Waals surface area (Å²) in [6.45, 7) is 6.59. The Morgan fingerprint density at radius 2 is 1.84 bits per heavy atom. The minimum Gasteiger partial charge on any atom is -0.364 e. The molecule has 3 rings (SSSR count). The number of rotatable bonds is 6. The van der Waals surface area contributed by atoms with Gasteiger partial charge in [-0.1, -0.05) is 31.1 Å². The third kappa shape index (κ3) is 6.62. The van der Waals surface area contributed by atoms with Gasteiger partial charge in [0.05, 0.1) is 5.69 Å². The first-order valence-corrected chi connectivity index (χ1v) is 11.4. The number of aliphatic imine (C=N–C) groups is 1. The van der Waals surface area contributed by atoms with Gasteiger partial charge in [0.1, 0.15) is 17.8 Å². The van der Waals surface area contributed by atoms with Crippen molar-refractivity contribution in [3.63, 3.8) is 0 Å². The minimum atomic E-state index is -3.44. The van der Waals surface area contributed by atoms with Crippen LogP contribution < -0.4 is 5.32 Å². The molecule has 1 aliphatic heterocycles. The van der Waals surface area contributed by atoms with Crippen LogP contribution in [0.2, 0.25) is 0 Å². The Labute approximate surface area is 199 Å². The van der Waals surface area contributed by atoms with Gasteiger partial charge in [-0.3, -0.25) is 4.99 Å². The molecule has 2 aromatic rings. The predicted molar refractivity (Wildman–Crippen MR) is 128 cm³/mol. The highest BCUT2D eigenvalue weighted by Crippen LogP contribution is 2.22. The van der Waals surface area contributed by atoms with Crippen molar-refractivity contribution in [2.24, 2.45) is 4.99 Å². The average molecular weight is 565 g/mol. The maximum Gasteiger partial charge on any atom is 0.220 e. The molecule has 1 saturated heterocycles. The number of nitrogens with one attached hydrogen (secondary N) is 1. The second-order valence-corrected chi connectivity index (χ2v) is 9.89. The lowest BCUT2D eigenvalue weighted by Gasteiger charge is -2.37. The van der Waals surface area contributed by atoms with E-state index in [-0.39, 0.29) is 41.0 Å². The third-order valence-corrected chi connectivity index (χ3v) is 7.09. The number of piperazine rings is 1. The minimum absolute atomic E-state index is 0. The van der Waals surface area contributed by atoms with Crippen LogP contribution in [0.3, 0.4) is 0 Å². The van der Waals surface area contributed by atoms with E-state index in [2.05, 4.69) is 29.3 Å². The second-order valence-electron chi connectivity index (χ2n) is 7.92. The highest BCUT2D eigenvalue weighted by Gasteiger charge is 2.29. The summed E-state index contributed by atoms with van der Waals surface area (Å²) in [5.74, 6) is 0.302. The zero-order valence-electron chi connectivity index (χ0n) is 17.9. The monoisotopic (exact) mass is 565 g/mol. The molecule has 1 aromatic carbocycles. The Bertz CT molecular complexity index is 957. The number of aromatic nitrogens is 1. The molecule has 0 aliphatic carbocycles. The van der Waals surface area contributed by atoms with Gasteiger partial charge in [-0.25, -0.2) is 12.8 Å². The summed E-state index contributed by atoms with van der Waals surface area (Å²) < 4.78 is 44.6. The van der Waals surface area contributed by atoms with Crippen molar-refractivity contribution in [3.05, 3.63) is 53.7 Å². The number of sulfonamides is 1. The first-order valence-electron chi connectivity index (χ1n) is 9.80. The standard InChI is InChI=1S/C20H28FN5O3S.HI/c1-20(2,16-4-6-17(21)7-5-16)15-23-19(22-3)25-9-11-26(12-10-25)30(27,28)14-18-8-13-29-24-18;/h4-8,13H,9-12,14-15H2,1-3H3,(H,22,23);1H. The molecule has 0 amide bonds. The maximum atomic E-state index is 13.2. The molecule has 8 nitrogen and oxygen atoms in total. The summed E-state index contributed by atoms with van der Waals surface area (Å²) in [6, 6.07) is 8.06. The van der Waals surface area contributed by atoms with Crippen molar-refractivity contribution < 1.29 is 17.3 Å². The van der Waals surface area contributed by atoms with Crippen molar-refractivity contribution in [2.45, 2.75) is 25.0 Å². The fourth-order valence-corrected chi connectivity index (χ4v) is 4.83. The van der Waals surface area contributed by atoms with E-state index in [0.717, 1.165) is 11.5 Å². The van der Waals surface area contributed by atoms with Crippen LogP contribution in [-0.4, -0.2) is 68.5 Å². The largest absolute Gasteiger partial charge is 0.364 e. The molecule has 1 N–H and O–H groups in total. The molecule has 0 radical (unpaired) electrons. The van der Waals surface area contributed by atoms with Gasteiger partial charge in [-0.05, 0) is 17.7 Å². The second kappa shape index (κ2) is 10.7. The van der Waals surface area contributed by atoms with E-state index in [1.165, 1.54) is 22.7 Å². The number of halogens is 2. The van der Waals surface area contributed by atoms with Gasteiger partial charge in [0, 0.05) is 51.3 Å². The number of benzene rings is 1. The zero-order chi connectivity index (χ0) is 21.8. The van der Waals surface area contributed by atoms with E-state index >= 15 is 0 Å². The fourth-order valence-electron chi connectivity index (χ4n) is 3.40. The van der Waals surface area contributed by atoms with Crippen LogP contribution in [0.1, 0.15) is 25.1 Å². The molecule has 1 aliphatic rings. The maximum absolute atomic E-state index is 13.2. The molecule has 0 unspecified atom stereocenters. The molecular weight excluding hydrogens is 536 g/mol. The first kappa shape index (κ1) is 25.5. The van der Waals surface area contributed by atoms with E-state index in [9.17, 15) is 12.8 Å². The topological polar surface area (TPSA) is 91.0 Å². The number of nitrogens with zero attached hydrogens (tertiary/aromatic N) is 4. The van der Waals surface area contributed by atoms with Crippen LogP contribution in [0, 0.1) is 5.82 Å². The van der Waals surface area contributed by atoms with E-state index < -0.39 is 10.0 Å². The molecule has 1 aromatic heterocycles. The molecule has 0 bridgehead atoms. The van der Waals surface area contributed by atoms with Crippen LogP contribution in [0.15, 0.2) is 46.1 Å². The molecular formula is C20H29FIN5O3S. The summed E-state index contributed by atoms with van der Waals surface area (Å²) in [4.78, 5) is 6.40. The molecule has 0 saturated carbocycles. The summed E-state index contributed by atoms with van der Waals surface area (Å²) in [5.41, 5.74) is 1.19. The lowest BCUT2D eigenvalue weighted by molar-refractivity contribution is 0.258. The Kier molecular flexibility index (Phi) is 8.83. The Morgan fingerprint density at radius 1 is 1.19 bits per heavy atom.